The summed E-state index contributed by atoms with van der Waals surface area (Å²) >= 11 is 0. The summed E-state index contributed by atoms with van der Waals surface area (Å²) in [4.78, 5) is 39.8. The summed E-state index contributed by atoms with van der Waals surface area (Å²) in [5.74, 6) is -0.827. The Balaban J connectivity index is 1.35. The van der Waals surface area contributed by atoms with E-state index < -0.39 is 17.5 Å². The average Bonchev–Trinajstić information content (AvgIpc) is 3.39. The van der Waals surface area contributed by atoms with Crippen molar-refractivity contribution in [2.24, 2.45) is 0 Å². The first-order valence-electron chi connectivity index (χ1n) is 10.5. The molecule has 5 rings (SSSR count). The van der Waals surface area contributed by atoms with Crippen LogP contribution in [0.5, 0.6) is 0 Å². The molecule has 1 aliphatic heterocycles. The number of para-hydroxylation sites is 1. The van der Waals surface area contributed by atoms with Crippen molar-refractivity contribution in [1.29, 1.82) is 0 Å². The molecule has 2 aliphatic rings. The number of carbonyl (C=O) groups is 3. The smallest absolute Gasteiger partial charge is 0.321 e. The molecule has 0 unspecified atom stereocenters. The van der Waals surface area contributed by atoms with Gasteiger partial charge in [-0.2, -0.15) is 5.10 Å². The lowest BCUT2D eigenvalue weighted by molar-refractivity contribution is -0.134. The summed E-state index contributed by atoms with van der Waals surface area (Å²) in [7, 11) is 0. The number of hydrogen-bond donors (Lipinski definition) is 2. The van der Waals surface area contributed by atoms with Crippen molar-refractivity contribution in [2.75, 3.05) is 11.9 Å². The fourth-order valence-corrected chi connectivity index (χ4v) is 4.70. The van der Waals surface area contributed by atoms with Gasteiger partial charge in [0, 0.05) is 0 Å². The van der Waals surface area contributed by atoms with E-state index in [4.69, 9.17) is 0 Å². The second kappa shape index (κ2) is 7.33. The molecule has 8 heteroatoms. The van der Waals surface area contributed by atoms with Crippen molar-refractivity contribution in [1.82, 2.24) is 20.0 Å². The van der Waals surface area contributed by atoms with E-state index in [2.05, 4.69) is 15.7 Å². The number of aryl methyl sites for hydroxylation is 2. The molecular weight excluding hydrogens is 406 g/mol. The highest BCUT2D eigenvalue weighted by Gasteiger charge is 2.55. The third kappa shape index (κ3) is 2.98. The number of nitrogens with zero attached hydrogens (tertiary/aromatic N) is 3. The van der Waals surface area contributed by atoms with Gasteiger partial charge >= 0.3 is 6.03 Å². The predicted molar refractivity (Wildman–Crippen MR) is 118 cm³/mol. The van der Waals surface area contributed by atoms with E-state index in [-0.39, 0.29) is 12.5 Å². The van der Waals surface area contributed by atoms with Gasteiger partial charge in [0.15, 0.2) is 0 Å². The second-order valence-electron chi connectivity index (χ2n) is 8.23. The van der Waals surface area contributed by atoms with E-state index in [0.29, 0.717) is 24.2 Å². The predicted octanol–water partition coefficient (Wildman–Crippen LogP) is 2.82. The van der Waals surface area contributed by atoms with Crippen molar-refractivity contribution in [3.63, 3.8) is 0 Å². The number of rotatable bonds is 4. The van der Waals surface area contributed by atoms with E-state index in [1.807, 2.05) is 61.5 Å². The Kier molecular flexibility index (Phi) is 4.58. The Morgan fingerprint density at radius 2 is 1.81 bits per heavy atom. The topological polar surface area (TPSA) is 96.3 Å². The van der Waals surface area contributed by atoms with Crippen LogP contribution >= 0.6 is 0 Å². The molecule has 0 saturated carbocycles. The molecule has 1 fully saturated rings. The van der Waals surface area contributed by atoms with E-state index in [1.54, 1.807) is 11.6 Å². The van der Waals surface area contributed by atoms with Crippen molar-refractivity contribution in [3.05, 3.63) is 77.1 Å². The minimum atomic E-state index is -1.07. The molecule has 1 atom stereocenters. The Morgan fingerprint density at radius 1 is 1.09 bits per heavy atom. The van der Waals surface area contributed by atoms with Crippen LogP contribution in [-0.4, -0.2) is 39.1 Å². The van der Waals surface area contributed by atoms with Gasteiger partial charge in [-0.15, -0.1) is 0 Å². The molecular formula is C24H23N5O3. The minimum absolute atomic E-state index is 0.357. The number of amides is 4. The molecule has 8 nitrogen and oxygen atoms in total. The van der Waals surface area contributed by atoms with E-state index in [1.165, 1.54) is 0 Å². The molecule has 0 radical (unpaired) electrons. The number of aromatic nitrogens is 2. The highest BCUT2D eigenvalue weighted by atomic mass is 16.2. The zero-order chi connectivity index (χ0) is 22.5. The summed E-state index contributed by atoms with van der Waals surface area (Å²) in [6.45, 7) is 3.31. The first kappa shape index (κ1) is 20.0. The molecule has 32 heavy (non-hydrogen) atoms. The van der Waals surface area contributed by atoms with Crippen LogP contribution in [0.1, 0.15) is 28.9 Å². The van der Waals surface area contributed by atoms with E-state index in [0.717, 1.165) is 27.4 Å². The van der Waals surface area contributed by atoms with Crippen molar-refractivity contribution in [2.45, 2.75) is 32.2 Å². The third-order valence-corrected chi connectivity index (χ3v) is 6.28. The number of carbonyl (C=O) groups excluding carboxylic acids is 3. The number of nitrogens with one attached hydrogen (secondary N) is 2. The Labute approximate surface area is 185 Å². The van der Waals surface area contributed by atoms with Crippen molar-refractivity contribution in [3.8, 4) is 5.69 Å². The van der Waals surface area contributed by atoms with Crippen LogP contribution in [0.3, 0.4) is 0 Å². The normalized spacial score (nSPS) is 19.4. The van der Waals surface area contributed by atoms with Crippen LogP contribution in [0.15, 0.2) is 54.6 Å². The number of anilines is 1. The number of hydrogen-bond acceptors (Lipinski definition) is 4. The van der Waals surface area contributed by atoms with Gasteiger partial charge in [-0.05, 0) is 49.9 Å². The maximum atomic E-state index is 13.3. The number of fused-ring (bicyclic) bond motifs is 2. The molecule has 3 aromatic rings. The van der Waals surface area contributed by atoms with Crippen LogP contribution in [0.2, 0.25) is 0 Å². The molecule has 1 aliphatic carbocycles. The monoisotopic (exact) mass is 429 g/mol. The Morgan fingerprint density at radius 3 is 2.59 bits per heavy atom. The molecule has 1 saturated heterocycles. The van der Waals surface area contributed by atoms with Crippen molar-refractivity contribution < 1.29 is 14.4 Å². The molecule has 1 aromatic heterocycles. The lowest BCUT2D eigenvalue weighted by Crippen LogP contribution is -2.43. The molecule has 2 heterocycles. The first-order valence-corrected chi connectivity index (χ1v) is 10.5. The third-order valence-electron chi connectivity index (χ3n) is 6.28. The zero-order valence-corrected chi connectivity index (χ0v) is 17.9. The van der Waals surface area contributed by atoms with Gasteiger partial charge in [0.05, 0.1) is 22.8 Å². The summed E-state index contributed by atoms with van der Waals surface area (Å²) in [6, 6.07) is 16.7. The summed E-state index contributed by atoms with van der Waals surface area (Å²) in [5, 5.41) is 10.2. The fraction of sp³-hybridized carbons (Fsp3) is 0.250. The molecule has 2 aromatic carbocycles. The molecule has 0 bridgehead atoms. The number of urea groups is 1. The van der Waals surface area contributed by atoms with Crippen LogP contribution in [0, 0.1) is 13.8 Å². The van der Waals surface area contributed by atoms with Gasteiger partial charge < -0.3 is 10.6 Å². The first-order chi connectivity index (χ1) is 15.4. The Bertz CT molecular complexity index is 1250. The van der Waals surface area contributed by atoms with E-state index >= 15 is 0 Å². The van der Waals surface area contributed by atoms with Crippen LogP contribution in [-0.2, 0) is 21.5 Å². The second-order valence-corrected chi connectivity index (χ2v) is 8.23. The molecule has 4 amide bonds. The summed E-state index contributed by atoms with van der Waals surface area (Å²) < 4.78 is 1.75. The standard InChI is InChI=1S/C24H23N5O3/c1-15-21(16(2)29(27-15)18-9-4-3-5-10-18)25-20(30)14-28-22(31)24(26-23(28)32)13-12-17-8-6-7-11-19(17)24/h3-11H,12-14H2,1-2H3,(H,25,30)(H,26,32)/t24-/m0/s1. The largest absolute Gasteiger partial charge is 0.325 e. The summed E-state index contributed by atoms with van der Waals surface area (Å²) in [5.41, 5.74) is 3.66. The molecule has 1 spiro atoms. The van der Waals surface area contributed by atoms with Gasteiger partial charge in [0.25, 0.3) is 5.91 Å². The SMILES string of the molecule is Cc1nn(-c2ccccc2)c(C)c1NC(=O)CN1C(=O)N[C@]2(CCc3ccccc32)C1=O. The quantitative estimate of drug-likeness (QED) is 0.624. The minimum Gasteiger partial charge on any atom is -0.321 e. The van der Waals surface area contributed by atoms with E-state index in [9.17, 15) is 14.4 Å². The number of imide groups is 1. The van der Waals surface area contributed by atoms with Gasteiger partial charge in [0.2, 0.25) is 5.91 Å². The highest BCUT2D eigenvalue weighted by molar-refractivity contribution is 6.11. The maximum absolute atomic E-state index is 13.3. The summed E-state index contributed by atoms with van der Waals surface area (Å²) in [6.07, 6.45) is 1.20. The lowest BCUT2D eigenvalue weighted by atomic mass is 9.92. The van der Waals surface area contributed by atoms with Gasteiger partial charge in [-0.3, -0.25) is 14.5 Å². The van der Waals surface area contributed by atoms with Crippen LogP contribution in [0.4, 0.5) is 10.5 Å². The van der Waals surface area contributed by atoms with Crippen LogP contribution < -0.4 is 10.6 Å². The average molecular weight is 429 g/mol. The Hall–Kier alpha value is -3.94. The maximum Gasteiger partial charge on any atom is 0.325 e. The van der Waals surface area contributed by atoms with Crippen LogP contribution in [0.25, 0.3) is 5.69 Å². The lowest BCUT2D eigenvalue weighted by Gasteiger charge is -2.22. The fourth-order valence-electron chi connectivity index (χ4n) is 4.70. The molecule has 2 N–H and O–H groups in total. The van der Waals surface area contributed by atoms with Gasteiger partial charge in [-0.1, -0.05) is 42.5 Å². The molecule has 162 valence electrons. The van der Waals surface area contributed by atoms with Crippen molar-refractivity contribution >= 4 is 23.5 Å². The number of benzene rings is 2. The highest BCUT2D eigenvalue weighted by Crippen LogP contribution is 2.41. The van der Waals surface area contributed by atoms with Gasteiger partial charge in [-0.25, -0.2) is 9.48 Å². The zero-order valence-electron chi connectivity index (χ0n) is 17.9. The van der Waals surface area contributed by atoms with Gasteiger partial charge in [0.1, 0.15) is 12.1 Å².